The third-order valence-electron chi connectivity index (χ3n) is 13.4. The Morgan fingerprint density at radius 2 is 0.875 bits per heavy atom. The minimum atomic E-state index is 0.698. The summed E-state index contributed by atoms with van der Waals surface area (Å²) < 4.78 is 4.87. The molecule has 0 spiro atoms. The predicted molar refractivity (Wildman–Crippen MR) is 269 cm³/mol. The average Bonchev–Trinajstić information content (AvgIpc) is 3.85. The summed E-state index contributed by atoms with van der Waals surface area (Å²) in [4.78, 5) is 10.6. The van der Waals surface area contributed by atoms with Gasteiger partial charge < -0.3 is 9.13 Å². The fraction of sp³-hybridized carbons (Fsp3) is 0. The van der Waals surface area contributed by atoms with Crippen LogP contribution in [0.3, 0.4) is 0 Å². The number of fused-ring (bicyclic) bond motifs is 12. The van der Waals surface area contributed by atoms with Gasteiger partial charge in [-0.2, -0.15) is 0 Å². The molecule has 0 N–H and O–H groups in total. The van der Waals surface area contributed by atoms with Gasteiger partial charge in [-0.15, -0.1) is 0 Å². The van der Waals surface area contributed by atoms with Crippen LogP contribution in [0.1, 0.15) is 0 Å². The van der Waals surface area contributed by atoms with Crippen LogP contribution in [-0.2, 0) is 0 Å². The molecule has 0 unspecified atom stereocenters. The summed E-state index contributed by atoms with van der Waals surface area (Å²) in [6.07, 6.45) is 0. The van der Waals surface area contributed by atoms with Gasteiger partial charge in [0.2, 0.25) is 0 Å². The molecule has 0 atom stereocenters. The molecule has 0 aliphatic heterocycles. The number of aromatic nitrogens is 4. The van der Waals surface area contributed by atoms with Gasteiger partial charge in [-0.25, -0.2) is 9.97 Å². The van der Waals surface area contributed by atoms with Crippen molar-refractivity contribution in [2.24, 2.45) is 0 Å². The largest absolute Gasteiger partial charge is 0.309 e. The fourth-order valence-corrected chi connectivity index (χ4v) is 10.5. The first kappa shape index (κ1) is 35.0. The molecule has 0 aliphatic rings. The Balaban J connectivity index is 0.949. The minimum absolute atomic E-state index is 0.698. The Labute approximate surface area is 367 Å². The summed E-state index contributed by atoms with van der Waals surface area (Å²) in [6.45, 7) is 0. The van der Waals surface area contributed by atoms with Crippen LogP contribution < -0.4 is 0 Å². The third-order valence-corrected chi connectivity index (χ3v) is 13.4. The molecule has 3 heterocycles. The number of para-hydroxylation sites is 3. The van der Waals surface area contributed by atoms with Crippen LogP contribution in [0, 0.1) is 0 Å². The number of rotatable bonds is 4. The van der Waals surface area contributed by atoms with Crippen molar-refractivity contribution in [3.8, 4) is 34.0 Å². The first-order valence-electron chi connectivity index (χ1n) is 21.9. The van der Waals surface area contributed by atoms with Crippen LogP contribution in [-0.4, -0.2) is 19.1 Å². The molecule has 64 heavy (non-hydrogen) atoms. The topological polar surface area (TPSA) is 35.6 Å². The molecule has 4 nitrogen and oxygen atoms in total. The van der Waals surface area contributed by atoms with Gasteiger partial charge in [-0.1, -0.05) is 152 Å². The lowest BCUT2D eigenvalue weighted by Crippen LogP contribution is -1.98. The zero-order valence-electron chi connectivity index (χ0n) is 34.6. The third kappa shape index (κ3) is 5.17. The van der Waals surface area contributed by atoms with Gasteiger partial charge in [0.05, 0.1) is 39.0 Å². The van der Waals surface area contributed by atoms with Crippen LogP contribution >= 0.6 is 0 Å². The molecule has 0 aliphatic carbocycles. The summed E-state index contributed by atoms with van der Waals surface area (Å²) in [7, 11) is 0. The second kappa shape index (κ2) is 13.4. The molecule has 14 aromatic rings. The Bertz CT molecular complexity index is 4270. The van der Waals surface area contributed by atoms with E-state index in [0.29, 0.717) is 5.82 Å². The summed E-state index contributed by atoms with van der Waals surface area (Å²) in [5.74, 6) is 0.698. The number of hydrogen-bond donors (Lipinski definition) is 0. The zero-order valence-corrected chi connectivity index (χ0v) is 34.6. The highest BCUT2D eigenvalue weighted by Gasteiger charge is 2.19. The van der Waals surface area contributed by atoms with Crippen molar-refractivity contribution in [3.05, 3.63) is 218 Å². The second-order valence-electron chi connectivity index (χ2n) is 17.0. The van der Waals surface area contributed by atoms with Crippen molar-refractivity contribution in [1.29, 1.82) is 0 Å². The maximum atomic E-state index is 5.37. The van der Waals surface area contributed by atoms with Crippen molar-refractivity contribution in [2.45, 2.75) is 0 Å². The van der Waals surface area contributed by atoms with E-state index in [0.717, 1.165) is 44.4 Å². The van der Waals surface area contributed by atoms with E-state index < -0.39 is 0 Å². The lowest BCUT2D eigenvalue weighted by molar-refractivity contribution is 1.17. The molecule has 0 amide bonds. The Hall–Kier alpha value is -8.60. The second-order valence-corrected chi connectivity index (χ2v) is 17.0. The minimum Gasteiger partial charge on any atom is -0.309 e. The molecule has 0 saturated carbocycles. The Morgan fingerprint density at radius 1 is 0.281 bits per heavy atom. The van der Waals surface area contributed by atoms with E-state index in [1.165, 1.54) is 81.4 Å². The van der Waals surface area contributed by atoms with Gasteiger partial charge in [0.25, 0.3) is 0 Å². The lowest BCUT2D eigenvalue weighted by Gasteiger charge is -2.14. The van der Waals surface area contributed by atoms with Gasteiger partial charge in [0, 0.05) is 49.1 Å². The van der Waals surface area contributed by atoms with E-state index in [9.17, 15) is 0 Å². The normalized spacial score (nSPS) is 12.1. The van der Waals surface area contributed by atoms with Crippen molar-refractivity contribution in [2.75, 3.05) is 0 Å². The van der Waals surface area contributed by atoms with Crippen molar-refractivity contribution >= 4 is 97.6 Å². The van der Waals surface area contributed by atoms with E-state index in [-0.39, 0.29) is 0 Å². The molecule has 14 rings (SSSR count). The van der Waals surface area contributed by atoms with Gasteiger partial charge in [0.1, 0.15) is 0 Å². The molecule has 3 aromatic heterocycles. The first-order chi connectivity index (χ1) is 31.7. The standard InChI is InChI=1S/C60H36N4/c1-2-15-39-34-58-51(33-38(39)14-1)47-20-7-10-25-55(47)64(58)56-26-12-16-40-35-57-52(36-50(40)56)48-21-6-9-24-54(48)63(57)44-18-11-17-43(32-44)60-61-53-23-8-5-22-49(53)59(62-60)42-29-30-46-41(31-42)28-27-37-13-3-4-19-45(37)46/h1-36H. The molecule has 0 bridgehead atoms. The number of hydrogen-bond acceptors (Lipinski definition) is 2. The quantitative estimate of drug-likeness (QED) is 0.166. The molecular weight excluding hydrogens is 777 g/mol. The van der Waals surface area contributed by atoms with Crippen LogP contribution in [0.15, 0.2) is 218 Å². The SMILES string of the molecule is c1cc(-c2nc(-c3ccc4c(ccc5ccccc54)c3)c3ccccc3n2)cc(-n2c3ccccc3c3cc4c(-n5c6ccccc6c6cc7ccccc7cc65)cccc4cc32)c1. The summed E-state index contributed by atoms with van der Waals surface area (Å²) >= 11 is 0. The molecule has 0 fully saturated rings. The highest BCUT2D eigenvalue weighted by molar-refractivity contribution is 6.18. The van der Waals surface area contributed by atoms with Crippen molar-refractivity contribution in [3.63, 3.8) is 0 Å². The van der Waals surface area contributed by atoms with Crippen LogP contribution in [0.25, 0.3) is 132 Å². The molecule has 296 valence electrons. The summed E-state index contributed by atoms with van der Waals surface area (Å²) in [5, 5.41) is 15.8. The Kier molecular flexibility index (Phi) is 7.36. The van der Waals surface area contributed by atoms with E-state index in [4.69, 9.17) is 9.97 Å². The van der Waals surface area contributed by atoms with Crippen molar-refractivity contribution in [1.82, 2.24) is 19.1 Å². The van der Waals surface area contributed by atoms with Crippen LogP contribution in [0.4, 0.5) is 0 Å². The molecular formula is C60H36N4. The van der Waals surface area contributed by atoms with Gasteiger partial charge in [0.15, 0.2) is 5.82 Å². The van der Waals surface area contributed by atoms with Crippen LogP contribution in [0.2, 0.25) is 0 Å². The molecule has 4 heteroatoms. The lowest BCUT2D eigenvalue weighted by atomic mass is 9.98. The van der Waals surface area contributed by atoms with Gasteiger partial charge in [-0.05, 0) is 104 Å². The summed E-state index contributed by atoms with van der Waals surface area (Å²) in [5.41, 5.74) is 10.8. The highest BCUT2D eigenvalue weighted by Crippen LogP contribution is 2.41. The molecule has 11 aromatic carbocycles. The van der Waals surface area contributed by atoms with Gasteiger partial charge >= 0.3 is 0 Å². The maximum Gasteiger partial charge on any atom is 0.160 e. The van der Waals surface area contributed by atoms with Gasteiger partial charge in [-0.3, -0.25) is 0 Å². The maximum absolute atomic E-state index is 5.37. The number of nitrogens with zero attached hydrogens (tertiary/aromatic N) is 4. The number of benzene rings is 11. The molecule has 0 radical (unpaired) electrons. The smallest absolute Gasteiger partial charge is 0.160 e. The monoisotopic (exact) mass is 812 g/mol. The summed E-state index contributed by atoms with van der Waals surface area (Å²) in [6, 6.07) is 79.3. The van der Waals surface area contributed by atoms with E-state index in [1.54, 1.807) is 0 Å². The highest BCUT2D eigenvalue weighted by atomic mass is 15.0. The molecule has 0 saturated heterocycles. The zero-order chi connectivity index (χ0) is 41.9. The van der Waals surface area contributed by atoms with Crippen LogP contribution in [0.5, 0.6) is 0 Å². The fourth-order valence-electron chi connectivity index (χ4n) is 10.5. The average molecular weight is 813 g/mol. The van der Waals surface area contributed by atoms with E-state index >= 15 is 0 Å². The van der Waals surface area contributed by atoms with E-state index in [1.807, 2.05) is 0 Å². The predicted octanol–water partition coefficient (Wildman–Crippen LogP) is 15.8. The Morgan fingerprint density at radius 3 is 1.72 bits per heavy atom. The van der Waals surface area contributed by atoms with E-state index in [2.05, 4.69) is 228 Å². The first-order valence-corrected chi connectivity index (χ1v) is 21.9. The van der Waals surface area contributed by atoms with Crippen molar-refractivity contribution < 1.29 is 0 Å².